The van der Waals surface area contributed by atoms with Crippen molar-refractivity contribution in [3.63, 3.8) is 0 Å². The van der Waals surface area contributed by atoms with Crippen LogP contribution >= 0.6 is 11.3 Å². The third-order valence-corrected chi connectivity index (χ3v) is 2.95. The number of rotatable bonds is 4. The Bertz CT molecular complexity index is 333. The molecule has 0 aliphatic carbocycles. The van der Waals surface area contributed by atoms with Crippen molar-refractivity contribution in [1.82, 2.24) is 4.98 Å². The van der Waals surface area contributed by atoms with Gasteiger partial charge >= 0.3 is 5.97 Å². The van der Waals surface area contributed by atoms with Crippen LogP contribution in [0, 0.1) is 0 Å². The van der Waals surface area contributed by atoms with Crippen molar-refractivity contribution in [3.05, 3.63) is 11.1 Å². The number of aromatic carboxylic acids is 1. The Labute approximate surface area is 87.0 Å². The Morgan fingerprint density at radius 1 is 1.71 bits per heavy atom. The summed E-state index contributed by atoms with van der Waals surface area (Å²) >= 11 is 1.16. The summed E-state index contributed by atoms with van der Waals surface area (Å²) in [5, 5.41) is 12.5. The lowest BCUT2D eigenvalue weighted by atomic mass is 10.0. The van der Waals surface area contributed by atoms with E-state index in [1.54, 1.807) is 0 Å². The van der Waals surface area contributed by atoms with Crippen LogP contribution in [0.15, 0.2) is 6.20 Å². The maximum atomic E-state index is 10.6. The summed E-state index contributed by atoms with van der Waals surface area (Å²) in [6, 6.07) is 0. The largest absolute Gasteiger partial charge is 0.477 e. The van der Waals surface area contributed by atoms with Crippen LogP contribution in [0.2, 0.25) is 0 Å². The van der Waals surface area contributed by atoms with Gasteiger partial charge in [0.25, 0.3) is 0 Å². The molecule has 0 aliphatic rings. The normalized spacial score (nSPS) is 11.4. The number of thiazole rings is 1. The number of nitrogens with one attached hydrogen (secondary N) is 1. The van der Waals surface area contributed by atoms with Gasteiger partial charge in [0.2, 0.25) is 0 Å². The van der Waals surface area contributed by atoms with Crippen LogP contribution in [0.3, 0.4) is 0 Å². The highest BCUT2D eigenvalue weighted by atomic mass is 32.1. The van der Waals surface area contributed by atoms with E-state index in [2.05, 4.69) is 31.1 Å². The summed E-state index contributed by atoms with van der Waals surface area (Å²) in [5.74, 6) is -0.926. The fourth-order valence-electron chi connectivity index (χ4n) is 0.809. The highest BCUT2D eigenvalue weighted by Gasteiger charge is 2.17. The minimum absolute atomic E-state index is 0.0480. The summed E-state index contributed by atoms with van der Waals surface area (Å²) in [4.78, 5) is 14.9. The molecule has 0 fully saturated rings. The van der Waals surface area contributed by atoms with E-state index < -0.39 is 5.97 Å². The van der Waals surface area contributed by atoms with Gasteiger partial charge in [0.15, 0.2) is 5.13 Å². The fourth-order valence-corrected chi connectivity index (χ4v) is 1.64. The third kappa shape index (κ3) is 2.70. The van der Waals surface area contributed by atoms with Crippen LogP contribution in [0.25, 0.3) is 0 Å². The second-order valence-electron chi connectivity index (χ2n) is 3.70. The van der Waals surface area contributed by atoms with Crippen LogP contribution < -0.4 is 5.32 Å². The molecule has 5 heteroatoms. The van der Waals surface area contributed by atoms with Crippen molar-refractivity contribution in [1.29, 1.82) is 0 Å². The molecule has 78 valence electrons. The average Bonchev–Trinajstić information content (AvgIpc) is 2.52. The molecule has 4 nitrogen and oxygen atoms in total. The molecule has 1 aromatic rings. The van der Waals surface area contributed by atoms with Gasteiger partial charge in [0.1, 0.15) is 4.88 Å². The predicted molar refractivity (Wildman–Crippen MR) is 57.1 cm³/mol. The first-order valence-electron chi connectivity index (χ1n) is 4.42. The molecular weight excluding hydrogens is 200 g/mol. The summed E-state index contributed by atoms with van der Waals surface area (Å²) < 4.78 is 0. The molecule has 0 unspecified atom stereocenters. The topological polar surface area (TPSA) is 62.2 Å². The Hall–Kier alpha value is -1.10. The Kier molecular flexibility index (Phi) is 3.10. The zero-order valence-electron chi connectivity index (χ0n) is 8.50. The van der Waals surface area contributed by atoms with Crippen molar-refractivity contribution < 1.29 is 9.90 Å². The average molecular weight is 214 g/mol. The number of hydrogen-bond donors (Lipinski definition) is 2. The molecule has 1 rings (SSSR count). The second-order valence-corrected chi connectivity index (χ2v) is 4.73. The summed E-state index contributed by atoms with van der Waals surface area (Å²) in [6.45, 7) is 6.17. The minimum Gasteiger partial charge on any atom is -0.477 e. The Morgan fingerprint density at radius 2 is 2.36 bits per heavy atom. The maximum absolute atomic E-state index is 10.6. The number of carboxylic acids is 1. The van der Waals surface area contributed by atoms with Crippen molar-refractivity contribution in [2.45, 2.75) is 32.7 Å². The first-order valence-corrected chi connectivity index (χ1v) is 5.23. The van der Waals surface area contributed by atoms with E-state index in [1.165, 1.54) is 6.20 Å². The van der Waals surface area contributed by atoms with Crippen LogP contribution in [0.5, 0.6) is 0 Å². The van der Waals surface area contributed by atoms with Crippen molar-refractivity contribution in [2.24, 2.45) is 0 Å². The van der Waals surface area contributed by atoms with Crippen LogP contribution in [-0.2, 0) is 0 Å². The molecular formula is C9H14N2O2S. The highest BCUT2D eigenvalue weighted by molar-refractivity contribution is 7.17. The van der Waals surface area contributed by atoms with Gasteiger partial charge < -0.3 is 10.4 Å². The van der Waals surface area contributed by atoms with Gasteiger partial charge in [0, 0.05) is 5.54 Å². The zero-order valence-corrected chi connectivity index (χ0v) is 9.31. The monoisotopic (exact) mass is 214 g/mol. The van der Waals surface area contributed by atoms with Gasteiger partial charge in [-0.3, -0.25) is 0 Å². The predicted octanol–water partition coefficient (Wildman–Crippen LogP) is 2.44. The van der Waals surface area contributed by atoms with E-state index in [4.69, 9.17) is 5.11 Å². The van der Waals surface area contributed by atoms with Crippen molar-refractivity contribution in [2.75, 3.05) is 5.32 Å². The second kappa shape index (κ2) is 3.96. The molecule has 0 saturated heterocycles. The quantitative estimate of drug-likeness (QED) is 0.808. The smallest absolute Gasteiger partial charge is 0.347 e. The van der Waals surface area contributed by atoms with Gasteiger partial charge in [-0.2, -0.15) is 0 Å². The highest BCUT2D eigenvalue weighted by Crippen LogP contribution is 2.23. The van der Waals surface area contributed by atoms with E-state index in [-0.39, 0.29) is 10.4 Å². The number of aromatic nitrogens is 1. The summed E-state index contributed by atoms with van der Waals surface area (Å²) in [5.41, 5.74) is -0.0480. The molecule has 14 heavy (non-hydrogen) atoms. The van der Waals surface area contributed by atoms with E-state index in [1.807, 2.05) is 0 Å². The molecule has 2 N–H and O–H groups in total. The van der Waals surface area contributed by atoms with E-state index >= 15 is 0 Å². The molecule has 0 spiro atoms. The lowest BCUT2D eigenvalue weighted by molar-refractivity contribution is 0.0702. The number of carboxylic acid groups (broad SMARTS) is 1. The van der Waals surface area contributed by atoms with Crippen molar-refractivity contribution >= 4 is 22.4 Å². The molecule has 0 aliphatic heterocycles. The first-order chi connectivity index (χ1) is 6.44. The Morgan fingerprint density at radius 3 is 2.79 bits per heavy atom. The molecule has 0 atom stereocenters. The van der Waals surface area contributed by atoms with E-state index in [0.29, 0.717) is 5.13 Å². The number of carbonyl (C=O) groups is 1. The molecule has 0 amide bonds. The molecule has 1 aromatic heterocycles. The van der Waals surface area contributed by atoms with Crippen LogP contribution in [0.1, 0.15) is 36.9 Å². The number of hydrogen-bond acceptors (Lipinski definition) is 4. The molecule has 1 heterocycles. The number of nitrogens with zero attached hydrogens (tertiary/aromatic N) is 1. The SMILES string of the molecule is CCC(C)(C)Nc1ncc(C(=O)O)s1. The van der Waals surface area contributed by atoms with Gasteiger partial charge in [0.05, 0.1) is 6.20 Å². The number of anilines is 1. The standard InChI is InChI=1S/C9H14N2O2S/c1-4-9(2,3)11-8-10-5-6(14-8)7(12)13/h5H,4H2,1-3H3,(H,10,11)(H,12,13). The maximum Gasteiger partial charge on any atom is 0.347 e. The molecule has 0 aromatic carbocycles. The van der Waals surface area contributed by atoms with Gasteiger partial charge in [-0.05, 0) is 20.3 Å². The van der Waals surface area contributed by atoms with Gasteiger partial charge in [-0.1, -0.05) is 18.3 Å². The molecule has 0 bridgehead atoms. The van der Waals surface area contributed by atoms with Crippen LogP contribution in [-0.4, -0.2) is 21.6 Å². The summed E-state index contributed by atoms with van der Waals surface area (Å²) in [6.07, 6.45) is 2.33. The first kappa shape index (κ1) is 11.0. The lowest BCUT2D eigenvalue weighted by Crippen LogP contribution is -2.29. The van der Waals surface area contributed by atoms with Gasteiger partial charge in [-0.25, -0.2) is 9.78 Å². The fraction of sp³-hybridized carbons (Fsp3) is 0.556. The van der Waals surface area contributed by atoms with E-state index in [0.717, 1.165) is 17.8 Å². The van der Waals surface area contributed by atoms with Crippen molar-refractivity contribution in [3.8, 4) is 0 Å². The third-order valence-electron chi connectivity index (χ3n) is 2.05. The molecule has 0 saturated carbocycles. The Balaban J connectivity index is 2.73. The zero-order chi connectivity index (χ0) is 10.8. The van der Waals surface area contributed by atoms with Gasteiger partial charge in [-0.15, -0.1) is 0 Å². The lowest BCUT2D eigenvalue weighted by Gasteiger charge is -2.23. The molecule has 0 radical (unpaired) electrons. The minimum atomic E-state index is -0.926. The van der Waals surface area contributed by atoms with Crippen LogP contribution in [0.4, 0.5) is 5.13 Å². The summed E-state index contributed by atoms with van der Waals surface area (Å²) in [7, 11) is 0. The van der Waals surface area contributed by atoms with E-state index in [9.17, 15) is 4.79 Å².